The van der Waals surface area contributed by atoms with Crippen molar-refractivity contribution >= 4 is 34.0 Å². The molecule has 0 saturated carbocycles. The maximum absolute atomic E-state index is 5.21. The van der Waals surface area contributed by atoms with Crippen LogP contribution < -0.4 is 4.74 Å². The van der Waals surface area contributed by atoms with E-state index in [1.165, 1.54) is 27.4 Å². The number of aromatic nitrogens is 1. The number of benzene rings is 3. The molecule has 0 spiro atoms. The summed E-state index contributed by atoms with van der Waals surface area (Å²) < 4.78 is 7.58. The summed E-state index contributed by atoms with van der Waals surface area (Å²) in [5.74, 6) is 0.881. The molecule has 0 saturated heterocycles. The Morgan fingerprint density at radius 3 is 2.24 bits per heavy atom. The van der Waals surface area contributed by atoms with E-state index < -0.39 is 0 Å². The van der Waals surface area contributed by atoms with E-state index in [2.05, 4.69) is 78.2 Å². The summed E-state index contributed by atoms with van der Waals surface area (Å²) in [7, 11) is 1.69. The number of hydrogen-bond acceptors (Lipinski definition) is 1. The molecule has 25 heavy (non-hydrogen) atoms. The molecule has 2 heteroatoms. The highest BCUT2D eigenvalue weighted by atomic mass is 16.5. The minimum atomic E-state index is 0.881. The number of para-hydroxylation sites is 1. The number of ether oxygens (including phenoxy) is 1. The van der Waals surface area contributed by atoms with Crippen LogP contribution in [0.15, 0.2) is 66.7 Å². The average molecular weight is 327 g/mol. The van der Waals surface area contributed by atoms with Crippen LogP contribution in [0.5, 0.6) is 5.75 Å². The zero-order valence-corrected chi connectivity index (χ0v) is 14.6. The van der Waals surface area contributed by atoms with Crippen molar-refractivity contribution in [3.8, 4) is 5.75 Å². The van der Waals surface area contributed by atoms with E-state index in [9.17, 15) is 0 Å². The van der Waals surface area contributed by atoms with Gasteiger partial charge in [-0.25, -0.2) is 0 Å². The highest BCUT2D eigenvalue weighted by Gasteiger charge is 2.08. The summed E-state index contributed by atoms with van der Waals surface area (Å²) in [4.78, 5) is 0. The topological polar surface area (TPSA) is 14.2 Å². The van der Waals surface area contributed by atoms with Gasteiger partial charge in [0.2, 0.25) is 0 Å². The summed E-state index contributed by atoms with van der Waals surface area (Å²) in [6.45, 7) is 3.18. The lowest BCUT2D eigenvalue weighted by Gasteiger charge is -2.03. The van der Waals surface area contributed by atoms with Crippen molar-refractivity contribution in [1.82, 2.24) is 4.57 Å². The minimum absolute atomic E-state index is 0.881. The zero-order valence-electron chi connectivity index (χ0n) is 14.6. The molecule has 3 aromatic carbocycles. The molecular formula is C23H21NO. The molecule has 4 aromatic rings. The van der Waals surface area contributed by atoms with E-state index in [4.69, 9.17) is 4.74 Å². The second-order valence-corrected chi connectivity index (χ2v) is 6.14. The average Bonchev–Trinajstić information content (AvgIpc) is 3.00. The number of fused-ring (bicyclic) bond motifs is 3. The van der Waals surface area contributed by atoms with Crippen LogP contribution >= 0.6 is 0 Å². The van der Waals surface area contributed by atoms with Crippen LogP contribution in [0.4, 0.5) is 0 Å². The summed E-state index contributed by atoms with van der Waals surface area (Å²) in [5.41, 5.74) is 4.97. The molecule has 0 unspecified atom stereocenters. The molecule has 4 rings (SSSR count). The number of nitrogens with zero attached hydrogens (tertiary/aromatic N) is 1. The fourth-order valence-electron chi connectivity index (χ4n) is 3.42. The Labute approximate surface area is 148 Å². The fraction of sp³-hybridized carbons (Fsp3) is 0.130. The SMILES string of the molecule is CCn1c2ccccc2c2cc(/C=C/c3ccc(OC)cc3)ccc21. The fourth-order valence-corrected chi connectivity index (χ4v) is 3.42. The predicted octanol–water partition coefficient (Wildman–Crippen LogP) is 5.99. The Kier molecular flexibility index (Phi) is 4.02. The quantitative estimate of drug-likeness (QED) is 0.420. The Balaban J connectivity index is 1.75. The zero-order chi connectivity index (χ0) is 17.2. The van der Waals surface area contributed by atoms with E-state index in [0.717, 1.165) is 17.9 Å². The lowest BCUT2D eigenvalue weighted by Crippen LogP contribution is -1.92. The smallest absolute Gasteiger partial charge is 0.118 e. The number of rotatable bonds is 4. The van der Waals surface area contributed by atoms with Gasteiger partial charge < -0.3 is 9.30 Å². The van der Waals surface area contributed by atoms with E-state index in [1.54, 1.807) is 7.11 Å². The van der Waals surface area contributed by atoms with Crippen molar-refractivity contribution in [3.05, 3.63) is 77.9 Å². The minimum Gasteiger partial charge on any atom is -0.497 e. The molecule has 0 aliphatic heterocycles. The second kappa shape index (κ2) is 6.48. The Morgan fingerprint density at radius 2 is 1.48 bits per heavy atom. The monoisotopic (exact) mass is 327 g/mol. The Hall–Kier alpha value is -3.00. The van der Waals surface area contributed by atoms with Gasteiger partial charge >= 0.3 is 0 Å². The van der Waals surface area contributed by atoms with E-state index >= 15 is 0 Å². The molecule has 0 aliphatic carbocycles. The first-order valence-electron chi connectivity index (χ1n) is 8.63. The first kappa shape index (κ1) is 15.5. The van der Waals surface area contributed by atoms with Gasteiger partial charge in [-0.05, 0) is 48.4 Å². The third-order valence-corrected chi connectivity index (χ3v) is 4.70. The van der Waals surface area contributed by atoms with Crippen molar-refractivity contribution in [2.75, 3.05) is 7.11 Å². The van der Waals surface area contributed by atoms with Crippen molar-refractivity contribution in [1.29, 1.82) is 0 Å². The van der Waals surface area contributed by atoms with Gasteiger partial charge in [0.1, 0.15) is 5.75 Å². The third kappa shape index (κ3) is 2.80. The van der Waals surface area contributed by atoms with E-state index in [0.29, 0.717) is 0 Å². The van der Waals surface area contributed by atoms with Crippen LogP contribution in [0.1, 0.15) is 18.1 Å². The summed E-state index contributed by atoms with van der Waals surface area (Å²) in [6, 6.07) is 23.4. The Morgan fingerprint density at radius 1 is 0.800 bits per heavy atom. The van der Waals surface area contributed by atoms with Gasteiger partial charge in [-0.1, -0.05) is 48.6 Å². The third-order valence-electron chi connectivity index (χ3n) is 4.70. The van der Waals surface area contributed by atoms with Gasteiger partial charge in [-0.2, -0.15) is 0 Å². The first-order valence-corrected chi connectivity index (χ1v) is 8.63. The van der Waals surface area contributed by atoms with Crippen LogP contribution in [0.2, 0.25) is 0 Å². The Bertz CT molecular complexity index is 1050. The molecule has 0 aliphatic rings. The highest BCUT2D eigenvalue weighted by Crippen LogP contribution is 2.30. The van der Waals surface area contributed by atoms with Gasteiger partial charge in [-0.3, -0.25) is 0 Å². The molecule has 0 fully saturated rings. The molecule has 1 aromatic heterocycles. The largest absolute Gasteiger partial charge is 0.497 e. The van der Waals surface area contributed by atoms with E-state index in [1.807, 2.05) is 12.1 Å². The van der Waals surface area contributed by atoms with E-state index in [-0.39, 0.29) is 0 Å². The predicted molar refractivity (Wildman–Crippen MR) is 107 cm³/mol. The van der Waals surface area contributed by atoms with Crippen LogP contribution in [-0.4, -0.2) is 11.7 Å². The van der Waals surface area contributed by atoms with Gasteiger partial charge in [0, 0.05) is 28.4 Å². The molecule has 0 radical (unpaired) electrons. The molecule has 0 N–H and O–H groups in total. The van der Waals surface area contributed by atoms with Gasteiger partial charge in [0.15, 0.2) is 0 Å². The van der Waals surface area contributed by atoms with Crippen LogP contribution in [0.3, 0.4) is 0 Å². The normalized spacial score (nSPS) is 11.6. The molecular weight excluding hydrogens is 306 g/mol. The maximum Gasteiger partial charge on any atom is 0.118 e. The van der Waals surface area contributed by atoms with Crippen molar-refractivity contribution in [3.63, 3.8) is 0 Å². The molecule has 124 valence electrons. The number of hydrogen-bond donors (Lipinski definition) is 0. The van der Waals surface area contributed by atoms with Gasteiger partial charge in [-0.15, -0.1) is 0 Å². The maximum atomic E-state index is 5.21. The standard InChI is InChI=1S/C23H21NO/c1-3-24-22-7-5-4-6-20(22)21-16-18(12-15-23(21)24)9-8-17-10-13-19(25-2)14-11-17/h4-16H,3H2,1-2H3/b9-8+. The van der Waals surface area contributed by atoms with Gasteiger partial charge in [0.05, 0.1) is 7.11 Å². The summed E-state index contributed by atoms with van der Waals surface area (Å²) >= 11 is 0. The van der Waals surface area contributed by atoms with Crippen molar-refractivity contribution < 1.29 is 4.74 Å². The first-order chi connectivity index (χ1) is 12.3. The van der Waals surface area contributed by atoms with Crippen LogP contribution in [-0.2, 0) is 6.54 Å². The lowest BCUT2D eigenvalue weighted by atomic mass is 10.1. The second-order valence-electron chi connectivity index (χ2n) is 6.14. The molecule has 2 nitrogen and oxygen atoms in total. The number of aryl methyl sites for hydroxylation is 1. The molecule has 1 heterocycles. The van der Waals surface area contributed by atoms with Crippen molar-refractivity contribution in [2.24, 2.45) is 0 Å². The van der Waals surface area contributed by atoms with Crippen LogP contribution in [0, 0.1) is 0 Å². The summed E-state index contributed by atoms with van der Waals surface area (Å²) in [6.07, 6.45) is 4.30. The van der Waals surface area contributed by atoms with Crippen LogP contribution in [0.25, 0.3) is 34.0 Å². The summed E-state index contributed by atoms with van der Waals surface area (Å²) in [5, 5.41) is 2.63. The molecule has 0 bridgehead atoms. The molecule has 0 atom stereocenters. The lowest BCUT2D eigenvalue weighted by molar-refractivity contribution is 0.415. The highest BCUT2D eigenvalue weighted by molar-refractivity contribution is 6.08. The van der Waals surface area contributed by atoms with Crippen molar-refractivity contribution in [2.45, 2.75) is 13.5 Å². The molecule has 0 amide bonds. The van der Waals surface area contributed by atoms with Gasteiger partial charge in [0.25, 0.3) is 0 Å². The number of methoxy groups -OCH3 is 1.